The number of hydrogen-bond donors (Lipinski definition) is 3. The number of benzene rings is 3. The number of nitrogens with one attached hydrogen (secondary N) is 3. The third-order valence-corrected chi connectivity index (χ3v) is 5.98. The first-order valence-electron chi connectivity index (χ1n) is 10.0. The van der Waals surface area contributed by atoms with Gasteiger partial charge in [-0.05, 0) is 47.6 Å². The van der Waals surface area contributed by atoms with Crippen molar-refractivity contribution in [1.29, 1.82) is 0 Å². The molecule has 3 aromatic rings. The van der Waals surface area contributed by atoms with Gasteiger partial charge in [-0.25, -0.2) is 4.99 Å². The van der Waals surface area contributed by atoms with Gasteiger partial charge in [0, 0.05) is 29.2 Å². The Labute approximate surface area is 164 Å². The average Bonchev–Trinajstić information content (AvgIpc) is 2.73. The van der Waals surface area contributed by atoms with Crippen LogP contribution in [0, 0.1) is 0 Å². The zero-order valence-electron chi connectivity index (χ0n) is 15.6. The molecule has 0 spiro atoms. The molecule has 4 nitrogen and oxygen atoms in total. The Hall–Kier alpha value is -3.11. The monoisotopic (exact) mass is 366 g/mol. The highest BCUT2D eigenvalue weighted by atomic mass is 15.2. The largest absolute Gasteiger partial charge is 0.370 e. The first-order valence-corrected chi connectivity index (χ1v) is 10.0. The minimum Gasteiger partial charge on any atom is -0.370 e. The highest BCUT2D eigenvalue weighted by Gasteiger charge is 2.28. The molecule has 0 aromatic heterocycles. The van der Waals surface area contributed by atoms with Gasteiger partial charge in [0.05, 0.1) is 11.9 Å². The zero-order valence-corrected chi connectivity index (χ0v) is 15.6. The number of rotatable bonds is 3. The molecule has 4 heteroatoms. The van der Waals surface area contributed by atoms with Crippen LogP contribution in [0.2, 0.25) is 0 Å². The number of aliphatic imine (C=N–C) groups is 1. The third-order valence-electron chi connectivity index (χ3n) is 5.98. The van der Waals surface area contributed by atoms with Gasteiger partial charge < -0.3 is 10.6 Å². The smallest absolute Gasteiger partial charge is 0.107 e. The summed E-state index contributed by atoms with van der Waals surface area (Å²) in [6.45, 7) is 0. The molecule has 0 saturated heterocycles. The van der Waals surface area contributed by atoms with Gasteiger partial charge in [-0.1, -0.05) is 48.6 Å². The van der Waals surface area contributed by atoms with Crippen molar-refractivity contribution in [3.63, 3.8) is 0 Å². The number of nitrogens with zero attached hydrogens (tertiary/aromatic N) is 1. The van der Waals surface area contributed by atoms with Gasteiger partial charge in [0.25, 0.3) is 0 Å². The molecule has 6 rings (SSSR count). The average molecular weight is 366 g/mol. The third kappa shape index (κ3) is 2.53. The van der Waals surface area contributed by atoms with Gasteiger partial charge in [0.1, 0.15) is 5.84 Å². The summed E-state index contributed by atoms with van der Waals surface area (Å²) in [5, 5.41) is 13.5. The maximum absolute atomic E-state index is 4.90. The van der Waals surface area contributed by atoms with Crippen LogP contribution in [0.1, 0.15) is 36.4 Å². The minimum absolute atomic E-state index is 0.247. The number of hydrogen-bond acceptors (Lipinski definition) is 4. The van der Waals surface area contributed by atoms with Crippen molar-refractivity contribution < 1.29 is 0 Å². The topological polar surface area (TPSA) is 48.5 Å². The van der Waals surface area contributed by atoms with Crippen LogP contribution in [-0.4, -0.2) is 12.0 Å². The van der Waals surface area contributed by atoms with E-state index in [1.54, 1.807) is 0 Å². The lowest BCUT2D eigenvalue weighted by molar-refractivity contribution is 0.432. The van der Waals surface area contributed by atoms with Crippen LogP contribution in [0.3, 0.4) is 0 Å². The van der Waals surface area contributed by atoms with Gasteiger partial charge >= 0.3 is 0 Å². The van der Waals surface area contributed by atoms with Crippen molar-refractivity contribution in [2.24, 2.45) is 4.99 Å². The predicted octanol–water partition coefficient (Wildman–Crippen LogP) is 5.57. The molecule has 28 heavy (non-hydrogen) atoms. The van der Waals surface area contributed by atoms with E-state index in [-0.39, 0.29) is 6.17 Å². The Balaban J connectivity index is 1.23. The molecule has 0 bridgehead atoms. The van der Waals surface area contributed by atoms with Crippen molar-refractivity contribution in [3.8, 4) is 0 Å². The summed E-state index contributed by atoms with van der Waals surface area (Å²) in [4.78, 5) is 4.90. The lowest BCUT2D eigenvalue weighted by Crippen LogP contribution is -2.44. The Morgan fingerprint density at radius 1 is 0.964 bits per heavy atom. The molecule has 1 aliphatic carbocycles. The second kappa shape index (κ2) is 6.21. The fourth-order valence-corrected chi connectivity index (χ4v) is 4.72. The van der Waals surface area contributed by atoms with Gasteiger partial charge in [-0.2, -0.15) is 0 Å². The molecule has 138 valence electrons. The van der Waals surface area contributed by atoms with E-state index in [1.807, 2.05) is 0 Å². The molecule has 0 radical (unpaired) electrons. The molecule has 2 heterocycles. The molecular formula is C24H22N4. The Bertz CT molecular complexity index is 1140. The van der Waals surface area contributed by atoms with Gasteiger partial charge in [-0.15, -0.1) is 0 Å². The van der Waals surface area contributed by atoms with Crippen molar-refractivity contribution >= 4 is 39.7 Å². The highest BCUT2D eigenvalue weighted by molar-refractivity contribution is 6.13. The molecule has 2 atom stereocenters. The molecule has 3 aliphatic rings. The summed E-state index contributed by atoms with van der Waals surface area (Å²) < 4.78 is 0. The maximum Gasteiger partial charge on any atom is 0.107 e. The number of amidine groups is 1. The van der Waals surface area contributed by atoms with Crippen LogP contribution in [0.4, 0.5) is 17.1 Å². The molecule has 0 amide bonds. The summed E-state index contributed by atoms with van der Waals surface area (Å²) in [7, 11) is 0. The van der Waals surface area contributed by atoms with Crippen LogP contribution >= 0.6 is 0 Å². The minimum atomic E-state index is 0.247. The lowest BCUT2D eigenvalue weighted by atomic mass is 9.89. The molecule has 3 N–H and O–H groups in total. The molecule has 0 saturated carbocycles. The van der Waals surface area contributed by atoms with E-state index in [4.69, 9.17) is 4.99 Å². The van der Waals surface area contributed by atoms with Gasteiger partial charge in [-0.3, -0.25) is 5.32 Å². The Kier molecular flexibility index (Phi) is 3.53. The molecule has 0 fully saturated rings. The van der Waals surface area contributed by atoms with Crippen LogP contribution in [0.15, 0.2) is 65.7 Å². The van der Waals surface area contributed by atoms with Gasteiger partial charge in [0.15, 0.2) is 0 Å². The quantitative estimate of drug-likeness (QED) is 0.567. The summed E-state index contributed by atoms with van der Waals surface area (Å²) in [6, 6.07) is 19.7. The van der Waals surface area contributed by atoms with E-state index in [0.29, 0.717) is 6.04 Å². The van der Waals surface area contributed by atoms with Crippen LogP contribution < -0.4 is 16.0 Å². The number of anilines is 2. The second-order valence-corrected chi connectivity index (χ2v) is 7.77. The van der Waals surface area contributed by atoms with Gasteiger partial charge in [0.2, 0.25) is 0 Å². The first kappa shape index (κ1) is 15.9. The van der Waals surface area contributed by atoms with E-state index in [2.05, 4.69) is 82.7 Å². The zero-order chi connectivity index (χ0) is 18.5. The summed E-state index contributed by atoms with van der Waals surface area (Å²) in [6.07, 6.45) is 7.68. The van der Waals surface area contributed by atoms with Crippen LogP contribution in [-0.2, 0) is 0 Å². The SMILES string of the molecule is C1=Cc2cccc3c2C(C1)NC(CCC1=Nc2cccc4cccc(c24)N1)N3. The standard InChI is InChI=1S/C24H22N4/c1-5-15-6-2-10-18-23(15)17(9-1)25-21(26-18)13-14-22-27-19-11-3-7-16-8-4-12-20(28-22)24(16)19/h1-11,20,22,27-28H,12-14H2,(H,25,26). The van der Waals surface area contributed by atoms with E-state index >= 15 is 0 Å². The van der Waals surface area contributed by atoms with E-state index in [1.165, 1.54) is 27.6 Å². The fraction of sp³-hybridized carbons (Fsp3) is 0.208. The predicted molar refractivity (Wildman–Crippen MR) is 117 cm³/mol. The van der Waals surface area contributed by atoms with Crippen molar-refractivity contribution in [2.45, 2.75) is 31.5 Å². The normalized spacial score (nSPS) is 21.5. The van der Waals surface area contributed by atoms with E-state index in [0.717, 1.165) is 36.5 Å². The lowest BCUT2D eigenvalue weighted by Gasteiger charge is -2.37. The Morgan fingerprint density at radius 2 is 1.82 bits per heavy atom. The summed E-state index contributed by atoms with van der Waals surface area (Å²) >= 11 is 0. The summed E-state index contributed by atoms with van der Waals surface area (Å²) in [5.41, 5.74) is 6.24. The highest BCUT2D eigenvalue weighted by Crippen LogP contribution is 2.38. The van der Waals surface area contributed by atoms with Crippen molar-refractivity contribution in [2.75, 3.05) is 10.6 Å². The van der Waals surface area contributed by atoms with Crippen molar-refractivity contribution in [1.82, 2.24) is 5.32 Å². The van der Waals surface area contributed by atoms with Crippen LogP contribution in [0.25, 0.3) is 16.8 Å². The van der Waals surface area contributed by atoms with E-state index in [9.17, 15) is 0 Å². The fourth-order valence-electron chi connectivity index (χ4n) is 4.72. The van der Waals surface area contributed by atoms with Crippen molar-refractivity contribution in [3.05, 3.63) is 71.8 Å². The molecule has 3 aromatic carbocycles. The second-order valence-electron chi connectivity index (χ2n) is 7.77. The first-order chi connectivity index (χ1) is 13.8. The molecule has 2 unspecified atom stereocenters. The molecular weight excluding hydrogens is 344 g/mol. The van der Waals surface area contributed by atoms with E-state index < -0.39 is 0 Å². The van der Waals surface area contributed by atoms with Crippen LogP contribution in [0.5, 0.6) is 0 Å². The maximum atomic E-state index is 4.90. The summed E-state index contributed by atoms with van der Waals surface area (Å²) in [5.74, 6) is 1.04. The molecule has 2 aliphatic heterocycles. The Morgan fingerprint density at radius 3 is 2.79 bits per heavy atom.